The van der Waals surface area contributed by atoms with Crippen LogP contribution in [0.5, 0.6) is 0 Å². The van der Waals surface area contributed by atoms with Crippen molar-refractivity contribution in [2.45, 2.75) is 44.1 Å². The quantitative estimate of drug-likeness (QED) is 0.515. The summed E-state index contributed by atoms with van der Waals surface area (Å²) in [7, 11) is 0. The van der Waals surface area contributed by atoms with Crippen LogP contribution in [0.15, 0.2) is 45.4 Å². The minimum Gasteiger partial charge on any atom is -0.416 e. The zero-order chi connectivity index (χ0) is 19.2. The van der Waals surface area contributed by atoms with Gasteiger partial charge in [0.1, 0.15) is 0 Å². The zero-order valence-corrected chi connectivity index (χ0v) is 17.2. The maximum Gasteiger partial charge on any atom is 0.276 e. The number of rotatable bonds is 8. The Morgan fingerprint density at radius 3 is 2.78 bits per heavy atom. The van der Waals surface area contributed by atoms with Crippen LogP contribution in [0.25, 0.3) is 0 Å². The van der Waals surface area contributed by atoms with Crippen molar-refractivity contribution in [2.24, 2.45) is 0 Å². The molecule has 27 heavy (non-hydrogen) atoms. The highest BCUT2D eigenvalue weighted by molar-refractivity contribution is 7.98. The lowest BCUT2D eigenvalue weighted by molar-refractivity contribution is -0.116. The highest BCUT2D eigenvalue weighted by Crippen LogP contribution is 2.27. The molecule has 1 amide bonds. The Morgan fingerprint density at radius 2 is 2.07 bits per heavy atom. The molecule has 0 aliphatic rings. The van der Waals surface area contributed by atoms with E-state index >= 15 is 0 Å². The molecule has 0 bridgehead atoms. The van der Waals surface area contributed by atoms with E-state index in [1.807, 2.05) is 30.5 Å². The topological polar surface area (TPSA) is 72.1 Å². The van der Waals surface area contributed by atoms with E-state index in [9.17, 15) is 4.79 Å². The average molecular weight is 403 g/mol. The van der Waals surface area contributed by atoms with Gasteiger partial charge in [-0.1, -0.05) is 49.0 Å². The minimum atomic E-state index is 0.000122. The Morgan fingerprint density at radius 1 is 1.30 bits per heavy atom. The number of hydrogen-bond donors (Lipinski definition) is 0. The maximum absolute atomic E-state index is 11.6. The number of amides is 1. The van der Waals surface area contributed by atoms with Gasteiger partial charge in [-0.05, 0) is 18.4 Å². The molecule has 1 aromatic carbocycles. The molecule has 0 spiro atoms. The normalized spacial score (nSPS) is 12.1. The van der Waals surface area contributed by atoms with Crippen LogP contribution in [0, 0.1) is 0 Å². The number of carbonyl (C=O) groups is 1. The summed E-state index contributed by atoms with van der Waals surface area (Å²) in [6, 6.07) is 10.3. The molecule has 3 rings (SSSR count). The molecule has 3 aromatic rings. The second-order valence-electron chi connectivity index (χ2n) is 6.15. The number of hydrogen-bond acceptors (Lipinski definition) is 7. The van der Waals surface area contributed by atoms with E-state index in [1.54, 1.807) is 11.8 Å². The van der Waals surface area contributed by atoms with E-state index in [4.69, 9.17) is 4.42 Å². The summed E-state index contributed by atoms with van der Waals surface area (Å²) in [5, 5.41) is 11.5. The van der Waals surface area contributed by atoms with Gasteiger partial charge in [-0.2, -0.15) is 0 Å². The molecule has 8 heteroatoms. The van der Waals surface area contributed by atoms with Crippen LogP contribution in [0.3, 0.4) is 0 Å². The zero-order valence-electron chi connectivity index (χ0n) is 15.6. The fourth-order valence-electron chi connectivity index (χ4n) is 2.66. The highest BCUT2D eigenvalue weighted by atomic mass is 32.2. The van der Waals surface area contributed by atoms with Gasteiger partial charge in [0.15, 0.2) is 5.13 Å². The molecule has 0 radical (unpaired) electrons. The third-order valence-electron chi connectivity index (χ3n) is 4.11. The molecule has 2 aromatic heterocycles. The van der Waals surface area contributed by atoms with Crippen molar-refractivity contribution in [1.29, 1.82) is 0 Å². The number of thiazole rings is 1. The van der Waals surface area contributed by atoms with Crippen molar-refractivity contribution in [3.05, 3.63) is 52.9 Å². The van der Waals surface area contributed by atoms with Crippen molar-refractivity contribution >= 4 is 34.1 Å². The summed E-state index contributed by atoms with van der Waals surface area (Å²) in [4.78, 5) is 17.8. The van der Waals surface area contributed by atoms with Gasteiger partial charge in [0.25, 0.3) is 5.22 Å². The molecule has 0 N–H and O–H groups in total. The first-order chi connectivity index (χ1) is 13.1. The molecular formula is C19H22N4O2S2. The van der Waals surface area contributed by atoms with Crippen LogP contribution in [-0.2, 0) is 17.0 Å². The molecule has 1 atom stereocenters. The number of benzene rings is 1. The van der Waals surface area contributed by atoms with Crippen molar-refractivity contribution in [3.63, 3.8) is 0 Å². The monoisotopic (exact) mass is 402 g/mol. The summed E-state index contributed by atoms with van der Waals surface area (Å²) in [5.74, 6) is 1.58. The predicted octanol–water partition coefficient (Wildman–Crippen LogP) is 4.54. The fraction of sp³-hybridized carbons (Fsp3) is 0.368. The van der Waals surface area contributed by atoms with Gasteiger partial charge in [0.05, 0.1) is 5.69 Å². The molecule has 0 saturated heterocycles. The first-order valence-corrected chi connectivity index (χ1v) is 10.7. The van der Waals surface area contributed by atoms with Gasteiger partial charge in [0.2, 0.25) is 11.8 Å². The first kappa shape index (κ1) is 19.6. The molecule has 0 aliphatic carbocycles. The van der Waals surface area contributed by atoms with Crippen molar-refractivity contribution < 1.29 is 9.21 Å². The summed E-state index contributed by atoms with van der Waals surface area (Å²) in [6.07, 6.45) is 0.711. The van der Waals surface area contributed by atoms with Gasteiger partial charge < -0.3 is 4.42 Å². The molecule has 0 fully saturated rings. The number of thioether (sulfide) groups is 1. The standard InChI is InChI=1S/C19H22N4O2S2/c1-4-23(14(3)24)18-20-16(11-26-18)12-27-19-22-21-17(25-19)10-13(2)15-8-6-5-7-9-15/h5-9,11,13H,4,10,12H2,1-3H3. The Labute approximate surface area is 167 Å². The Bertz CT molecular complexity index is 879. The third kappa shape index (κ3) is 5.17. The number of aromatic nitrogens is 3. The van der Waals surface area contributed by atoms with Crippen LogP contribution in [-0.4, -0.2) is 27.6 Å². The van der Waals surface area contributed by atoms with Crippen molar-refractivity contribution in [3.8, 4) is 0 Å². The molecule has 6 nitrogen and oxygen atoms in total. The second-order valence-corrected chi connectivity index (χ2v) is 7.91. The molecule has 0 saturated carbocycles. The lowest BCUT2D eigenvalue weighted by atomic mass is 9.98. The van der Waals surface area contributed by atoms with Gasteiger partial charge in [0, 0.05) is 31.0 Å². The number of anilines is 1. The van der Waals surface area contributed by atoms with E-state index in [1.165, 1.54) is 28.7 Å². The summed E-state index contributed by atoms with van der Waals surface area (Å²) in [6.45, 7) is 6.25. The van der Waals surface area contributed by atoms with E-state index in [0.29, 0.717) is 35.7 Å². The van der Waals surface area contributed by atoms with Crippen molar-refractivity contribution in [2.75, 3.05) is 11.4 Å². The SMILES string of the molecule is CCN(C(C)=O)c1nc(CSc2nnc(CC(C)c3ccccc3)o2)cs1. The predicted molar refractivity (Wildman–Crippen MR) is 108 cm³/mol. The Balaban J connectivity index is 1.55. The first-order valence-electron chi connectivity index (χ1n) is 8.79. The number of nitrogens with zero attached hydrogens (tertiary/aromatic N) is 4. The molecular weight excluding hydrogens is 380 g/mol. The van der Waals surface area contributed by atoms with Crippen LogP contribution in [0.1, 0.15) is 43.8 Å². The smallest absolute Gasteiger partial charge is 0.276 e. The Kier molecular flexibility index (Phi) is 6.63. The van der Waals surface area contributed by atoms with E-state index < -0.39 is 0 Å². The number of carbonyl (C=O) groups excluding carboxylic acids is 1. The highest BCUT2D eigenvalue weighted by Gasteiger charge is 2.15. The van der Waals surface area contributed by atoms with Crippen LogP contribution in [0.2, 0.25) is 0 Å². The van der Waals surface area contributed by atoms with E-state index in [-0.39, 0.29) is 5.91 Å². The lowest BCUT2D eigenvalue weighted by Gasteiger charge is -2.14. The minimum absolute atomic E-state index is 0.000122. The van der Waals surface area contributed by atoms with Gasteiger partial charge in [-0.25, -0.2) is 4.98 Å². The Hall–Kier alpha value is -2.19. The molecule has 1 unspecified atom stereocenters. The van der Waals surface area contributed by atoms with Gasteiger partial charge in [-0.15, -0.1) is 21.5 Å². The largest absolute Gasteiger partial charge is 0.416 e. The van der Waals surface area contributed by atoms with Crippen molar-refractivity contribution in [1.82, 2.24) is 15.2 Å². The van der Waals surface area contributed by atoms with Gasteiger partial charge >= 0.3 is 0 Å². The molecule has 142 valence electrons. The summed E-state index contributed by atoms with van der Waals surface area (Å²) < 4.78 is 5.76. The average Bonchev–Trinajstić information content (AvgIpc) is 3.30. The van der Waals surface area contributed by atoms with E-state index in [0.717, 1.165) is 10.8 Å². The fourth-order valence-corrected chi connectivity index (χ4v) is 4.37. The lowest BCUT2D eigenvalue weighted by Crippen LogP contribution is -2.27. The van der Waals surface area contributed by atoms with E-state index in [2.05, 4.69) is 34.2 Å². The third-order valence-corrected chi connectivity index (χ3v) is 5.87. The van der Waals surface area contributed by atoms with Crippen LogP contribution >= 0.6 is 23.1 Å². The maximum atomic E-state index is 11.6. The summed E-state index contributed by atoms with van der Waals surface area (Å²) >= 11 is 2.93. The summed E-state index contributed by atoms with van der Waals surface area (Å²) in [5.41, 5.74) is 2.16. The van der Waals surface area contributed by atoms with Crippen LogP contribution in [0.4, 0.5) is 5.13 Å². The molecule has 0 aliphatic heterocycles. The second kappa shape index (κ2) is 9.14. The van der Waals surface area contributed by atoms with Gasteiger partial charge in [-0.3, -0.25) is 9.69 Å². The van der Waals surface area contributed by atoms with Crippen LogP contribution < -0.4 is 4.90 Å². The molecule has 2 heterocycles.